The minimum atomic E-state index is -0.624. The average Bonchev–Trinajstić information content (AvgIpc) is 2.59. The van der Waals surface area contributed by atoms with Gasteiger partial charge in [0, 0.05) is 23.1 Å². The highest BCUT2D eigenvalue weighted by atomic mass is 79.9. The standard InChI is InChI=1S/C16H19BrN2O4/c17-13-6-4-12(5-7-13)16(22)18-10-15(21)23-11-14(20)19-8-2-1-3-9-19/h4-7H,1-3,8-11H2,(H,18,22). The highest BCUT2D eigenvalue weighted by molar-refractivity contribution is 9.10. The van der Waals surface area contributed by atoms with Crippen LogP contribution in [0.1, 0.15) is 29.6 Å². The van der Waals surface area contributed by atoms with Gasteiger partial charge >= 0.3 is 5.97 Å². The second-order valence-electron chi connectivity index (χ2n) is 5.29. The van der Waals surface area contributed by atoms with E-state index in [0.717, 1.165) is 36.8 Å². The van der Waals surface area contributed by atoms with Crippen molar-refractivity contribution >= 4 is 33.7 Å². The van der Waals surface area contributed by atoms with E-state index in [1.165, 1.54) is 0 Å². The van der Waals surface area contributed by atoms with Crippen molar-refractivity contribution in [1.29, 1.82) is 0 Å². The minimum absolute atomic E-state index is 0.183. The molecule has 124 valence electrons. The maximum Gasteiger partial charge on any atom is 0.325 e. The van der Waals surface area contributed by atoms with Gasteiger partial charge in [-0.3, -0.25) is 14.4 Å². The molecule has 6 nitrogen and oxygen atoms in total. The minimum Gasteiger partial charge on any atom is -0.454 e. The Morgan fingerprint density at radius 2 is 1.74 bits per heavy atom. The van der Waals surface area contributed by atoms with Gasteiger partial charge in [0.2, 0.25) is 0 Å². The molecule has 0 saturated carbocycles. The first-order valence-electron chi connectivity index (χ1n) is 7.53. The molecular formula is C16H19BrN2O4. The van der Waals surface area contributed by atoms with Crippen LogP contribution in [0.3, 0.4) is 0 Å². The van der Waals surface area contributed by atoms with Gasteiger partial charge in [-0.05, 0) is 43.5 Å². The molecule has 0 atom stereocenters. The average molecular weight is 383 g/mol. The van der Waals surface area contributed by atoms with Gasteiger partial charge in [-0.2, -0.15) is 0 Å². The Kier molecular flexibility index (Phi) is 6.58. The maximum atomic E-state index is 11.9. The van der Waals surface area contributed by atoms with E-state index < -0.39 is 5.97 Å². The van der Waals surface area contributed by atoms with Crippen LogP contribution >= 0.6 is 15.9 Å². The van der Waals surface area contributed by atoms with E-state index in [2.05, 4.69) is 21.2 Å². The molecule has 2 rings (SSSR count). The SMILES string of the molecule is O=C(CNC(=O)c1ccc(Br)cc1)OCC(=O)N1CCCCC1. The zero-order valence-corrected chi connectivity index (χ0v) is 14.3. The quantitative estimate of drug-likeness (QED) is 0.786. The highest BCUT2D eigenvalue weighted by Gasteiger charge is 2.18. The van der Waals surface area contributed by atoms with Gasteiger partial charge in [0.15, 0.2) is 6.61 Å². The molecule has 1 aliphatic rings. The lowest BCUT2D eigenvalue weighted by atomic mass is 10.1. The van der Waals surface area contributed by atoms with Gasteiger partial charge in [-0.15, -0.1) is 0 Å². The largest absolute Gasteiger partial charge is 0.454 e. The van der Waals surface area contributed by atoms with Crippen molar-refractivity contribution < 1.29 is 19.1 Å². The van der Waals surface area contributed by atoms with E-state index in [-0.39, 0.29) is 25.0 Å². The molecule has 1 saturated heterocycles. The van der Waals surface area contributed by atoms with Crippen LogP contribution in [0.2, 0.25) is 0 Å². The van der Waals surface area contributed by atoms with Gasteiger partial charge in [-0.25, -0.2) is 0 Å². The summed E-state index contributed by atoms with van der Waals surface area (Å²) in [4.78, 5) is 37.0. The van der Waals surface area contributed by atoms with Crippen LogP contribution in [0, 0.1) is 0 Å². The fourth-order valence-electron chi connectivity index (χ4n) is 2.28. The third-order valence-electron chi connectivity index (χ3n) is 3.57. The molecule has 0 radical (unpaired) electrons. The molecule has 1 aromatic carbocycles. The van der Waals surface area contributed by atoms with Crippen molar-refractivity contribution in [3.8, 4) is 0 Å². The van der Waals surface area contributed by atoms with Crippen LogP contribution in [-0.2, 0) is 14.3 Å². The van der Waals surface area contributed by atoms with Gasteiger partial charge in [0.25, 0.3) is 11.8 Å². The van der Waals surface area contributed by atoms with Crippen LogP contribution in [-0.4, -0.2) is 48.9 Å². The molecule has 23 heavy (non-hydrogen) atoms. The van der Waals surface area contributed by atoms with Crippen molar-refractivity contribution in [3.05, 3.63) is 34.3 Å². The van der Waals surface area contributed by atoms with Crippen LogP contribution < -0.4 is 5.32 Å². The lowest BCUT2D eigenvalue weighted by Crippen LogP contribution is -2.39. The van der Waals surface area contributed by atoms with Crippen molar-refractivity contribution in [1.82, 2.24) is 10.2 Å². The summed E-state index contributed by atoms with van der Waals surface area (Å²) < 4.78 is 5.78. The summed E-state index contributed by atoms with van der Waals surface area (Å²) in [5.41, 5.74) is 0.449. The number of hydrogen-bond donors (Lipinski definition) is 1. The molecule has 1 N–H and O–H groups in total. The van der Waals surface area contributed by atoms with Gasteiger partial charge in [-0.1, -0.05) is 15.9 Å². The fraction of sp³-hybridized carbons (Fsp3) is 0.438. The first-order chi connectivity index (χ1) is 11.1. The van der Waals surface area contributed by atoms with E-state index in [1.807, 2.05) is 0 Å². The molecular weight excluding hydrogens is 364 g/mol. The number of benzene rings is 1. The number of carbonyl (C=O) groups is 3. The van der Waals surface area contributed by atoms with E-state index >= 15 is 0 Å². The number of nitrogens with one attached hydrogen (secondary N) is 1. The predicted octanol–water partition coefficient (Wildman–Crippen LogP) is 1.73. The topological polar surface area (TPSA) is 75.7 Å². The zero-order chi connectivity index (χ0) is 16.7. The Labute approximate surface area is 143 Å². The summed E-state index contributed by atoms with van der Waals surface area (Å²) in [7, 11) is 0. The van der Waals surface area contributed by atoms with Gasteiger partial charge in [0.1, 0.15) is 6.54 Å². The Morgan fingerprint density at radius 3 is 2.39 bits per heavy atom. The number of amides is 2. The second-order valence-corrected chi connectivity index (χ2v) is 6.21. The zero-order valence-electron chi connectivity index (χ0n) is 12.7. The molecule has 1 aromatic rings. The van der Waals surface area contributed by atoms with Crippen LogP contribution in [0.15, 0.2) is 28.7 Å². The molecule has 0 bridgehead atoms. The third-order valence-corrected chi connectivity index (χ3v) is 4.09. The molecule has 1 fully saturated rings. The van der Waals surface area contributed by atoms with Crippen molar-refractivity contribution in [2.75, 3.05) is 26.2 Å². The normalized spacial score (nSPS) is 14.2. The van der Waals surface area contributed by atoms with E-state index in [0.29, 0.717) is 5.56 Å². The summed E-state index contributed by atoms with van der Waals surface area (Å²) in [6, 6.07) is 6.77. The Morgan fingerprint density at radius 1 is 1.09 bits per heavy atom. The number of nitrogens with zero attached hydrogens (tertiary/aromatic N) is 1. The van der Waals surface area contributed by atoms with Crippen LogP contribution in [0.4, 0.5) is 0 Å². The first kappa shape index (κ1) is 17.5. The number of hydrogen-bond acceptors (Lipinski definition) is 4. The lowest BCUT2D eigenvalue weighted by molar-refractivity contribution is -0.151. The molecule has 0 unspecified atom stereocenters. The molecule has 1 aliphatic heterocycles. The first-order valence-corrected chi connectivity index (χ1v) is 8.33. The number of rotatable bonds is 5. The lowest BCUT2D eigenvalue weighted by Gasteiger charge is -2.26. The van der Waals surface area contributed by atoms with Gasteiger partial charge in [0.05, 0.1) is 0 Å². The number of esters is 1. The molecule has 0 aliphatic carbocycles. The van der Waals surface area contributed by atoms with Gasteiger partial charge < -0.3 is 15.0 Å². The second kappa shape index (κ2) is 8.67. The molecule has 1 heterocycles. The maximum absolute atomic E-state index is 11.9. The van der Waals surface area contributed by atoms with E-state index in [4.69, 9.17) is 4.74 Å². The Bertz CT molecular complexity index is 568. The summed E-state index contributed by atoms with van der Waals surface area (Å²) in [5, 5.41) is 2.47. The summed E-state index contributed by atoms with van der Waals surface area (Å²) in [6.45, 7) is 0.905. The highest BCUT2D eigenvalue weighted by Crippen LogP contribution is 2.10. The van der Waals surface area contributed by atoms with Crippen molar-refractivity contribution in [3.63, 3.8) is 0 Å². The summed E-state index contributed by atoms with van der Waals surface area (Å²) in [5.74, 6) is -1.17. The number of piperidine rings is 1. The predicted molar refractivity (Wildman–Crippen MR) is 87.9 cm³/mol. The van der Waals surface area contributed by atoms with E-state index in [1.54, 1.807) is 29.2 Å². The molecule has 2 amide bonds. The van der Waals surface area contributed by atoms with Crippen molar-refractivity contribution in [2.45, 2.75) is 19.3 Å². The summed E-state index contributed by atoms with van der Waals surface area (Å²) in [6.07, 6.45) is 3.11. The molecule has 0 aromatic heterocycles. The smallest absolute Gasteiger partial charge is 0.325 e. The molecule has 0 spiro atoms. The third kappa shape index (κ3) is 5.67. The van der Waals surface area contributed by atoms with Crippen LogP contribution in [0.5, 0.6) is 0 Å². The number of likely N-dealkylation sites (tertiary alicyclic amines) is 1. The molecule has 7 heteroatoms. The van der Waals surface area contributed by atoms with E-state index in [9.17, 15) is 14.4 Å². The number of halogens is 1. The summed E-state index contributed by atoms with van der Waals surface area (Å²) >= 11 is 3.28. The fourth-order valence-corrected chi connectivity index (χ4v) is 2.55. The number of carbonyl (C=O) groups excluding carboxylic acids is 3. The monoisotopic (exact) mass is 382 g/mol. The van der Waals surface area contributed by atoms with Crippen LogP contribution in [0.25, 0.3) is 0 Å². The Balaban J connectivity index is 1.69. The number of ether oxygens (including phenoxy) is 1. The Hall–Kier alpha value is -1.89. The van der Waals surface area contributed by atoms with Crippen molar-refractivity contribution in [2.24, 2.45) is 0 Å².